The maximum Gasteiger partial charge on any atom is 0.323 e. The summed E-state index contributed by atoms with van der Waals surface area (Å²) in [6.45, 7) is 1.88. The van der Waals surface area contributed by atoms with Crippen molar-refractivity contribution in [1.29, 1.82) is 0 Å². The zero-order valence-corrected chi connectivity index (χ0v) is 6.92. The van der Waals surface area contributed by atoms with Gasteiger partial charge in [0.2, 0.25) is 0 Å². The van der Waals surface area contributed by atoms with Crippen LogP contribution in [-0.2, 0) is 4.79 Å². The van der Waals surface area contributed by atoms with Crippen molar-refractivity contribution >= 4 is 5.97 Å². The summed E-state index contributed by atoms with van der Waals surface area (Å²) in [5, 5.41) is 12.1. The number of hydrogen-bond donors (Lipinski definition) is 3. The molecule has 0 amide bonds. The number of hydrogen-bond acceptors (Lipinski definition) is 3. The van der Waals surface area contributed by atoms with Gasteiger partial charge in [-0.2, -0.15) is 0 Å². The molecule has 2 fully saturated rings. The Hall–Kier alpha value is -0.610. The van der Waals surface area contributed by atoms with Gasteiger partial charge < -0.3 is 16.2 Å². The van der Waals surface area contributed by atoms with Gasteiger partial charge in [-0.05, 0) is 37.8 Å². The van der Waals surface area contributed by atoms with Gasteiger partial charge in [-0.15, -0.1) is 0 Å². The molecular weight excluding hydrogens is 156 g/mol. The van der Waals surface area contributed by atoms with Gasteiger partial charge in [0.25, 0.3) is 0 Å². The molecule has 0 spiro atoms. The Kier molecular flexibility index (Phi) is 1.63. The van der Waals surface area contributed by atoms with Crippen LogP contribution in [0.5, 0.6) is 0 Å². The summed E-state index contributed by atoms with van der Waals surface area (Å²) < 4.78 is 0. The number of nitrogens with two attached hydrogens (primary N) is 1. The molecule has 4 heteroatoms. The van der Waals surface area contributed by atoms with Gasteiger partial charge in [0.05, 0.1) is 0 Å². The van der Waals surface area contributed by atoms with E-state index >= 15 is 0 Å². The molecule has 0 aromatic rings. The molecule has 4 N–H and O–H groups in total. The van der Waals surface area contributed by atoms with Crippen LogP contribution in [0.15, 0.2) is 0 Å². The number of nitrogens with one attached hydrogen (secondary N) is 1. The zero-order valence-electron chi connectivity index (χ0n) is 6.92. The van der Waals surface area contributed by atoms with E-state index in [1.807, 2.05) is 0 Å². The fourth-order valence-corrected chi connectivity index (χ4v) is 2.46. The van der Waals surface area contributed by atoms with Crippen LogP contribution in [0.3, 0.4) is 0 Å². The van der Waals surface area contributed by atoms with Crippen LogP contribution in [0.1, 0.15) is 12.8 Å². The number of rotatable bonds is 1. The quantitative estimate of drug-likeness (QED) is 0.491. The van der Waals surface area contributed by atoms with Crippen LogP contribution in [0.2, 0.25) is 0 Å². The first-order valence-electron chi connectivity index (χ1n) is 4.35. The average molecular weight is 170 g/mol. The van der Waals surface area contributed by atoms with Crippen LogP contribution in [0.4, 0.5) is 0 Å². The first-order chi connectivity index (χ1) is 5.62. The highest BCUT2D eigenvalue weighted by Crippen LogP contribution is 2.39. The molecule has 2 rings (SSSR count). The highest BCUT2D eigenvalue weighted by Gasteiger charge is 2.49. The SMILES string of the molecule is NC1(C(=O)O)C[C@@H]2CNC[C@H]2C1. The second-order valence-electron chi connectivity index (χ2n) is 4.05. The molecule has 1 heterocycles. The second-order valence-corrected chi connectivity index (χ2v) is 4.05. The number of carbonyl (C=O) groups is 1. The molecule has 12 heavy (non-hydrogen) atoms. The highest BCUT2D eigenvalue weighted by molar-refractivity contribution is 5.79. The molecule has 1 saturated carbocycles. The number of aliphatic carboxylic acids is 1. The molecule has 0 radical (unpaired) electrons. The van der Waals surface area contributed by atoms with E-state index in [2.05, 4.69) is 5.32 Å². The van der Waals surface area contributed by atoms with Crippen LogP contribution >= 0.6 is 0 Å². The molecule has 2 aliphatic rings. The van der Waals surface area contributed by atoms with Crippen LogP contribution in [0, 0.1) is 11.8 Å². The van der Waals surface area contributed by atoms with Crippen molar-refractivity contribution in [2.45, 2.75) is 18.4 Å². The molecule has 4 nitrogen and oxygen atoms in total. The third-order valence-electron chi connectivity index (χ3n) is 3.16. The summed E-state index contributed by atoms with van der Waals surface area (Å²) in [6, 6.07) is 0. The lowest BCUT2D eigenvalue weighted by molar-refractivity contribution is -0.143. The van der Waals surface area contributed by atoms with Gasteiger partial charge in [-0.3, -0.25) is 4.79 Å². The minimum absolute atomic E-state index is 0.492. The lowest BCUT2D eigenvalue weighted by Gasteiger charge is -2.18. The zero-order chi connectivity index (χ0) is 8.77. The van der Waals surface area contributed by atoms with Crippen LogP contribution in [0.25, 0.3) is 0 Å². The van der Waals surface area contributed by atoms with Crippen molar-refractivity contribution in [3.05, 3.63) is 0 Å². The fraction of sp³-hybridized carbons (Fsp3) is 0.875. The molecule has 2 atom stereocenters. The molecular formula is C8H14N2O2. The minimum atomic E-state index is -0.933. The Morgan fingerprint density at radius 1 is 1.42 bits per heavy atom. The predicted octanol–water partition coefficient (Wildman–Crippen LogP) is -0.602. The molecule has 0 aromatic carbocycles. The molecule has 1 aliphatic carbocycles. The van der Waals surface area contributed by atoms with E-state index < -0.39 is 11.5 Å². The molecule has 1 saturated heterocycles. The molecule has 0 aromatic heterocycles. The Morgan fingerprint density at radius 2 is 1.92 bits per heavy atom. The number of carboxylic acid groups (broad SMARTS) is 1. The van der Waals surface area contributed by atoms with E-state index in [9.17, 15) is 4.79 Å². The van der Waals surface area contributed by atoms with E-state index in [1.54, 1.807) is 0 Å². The summed E-state index contributed by atoms with van der Waals surface area (Å²) in [4.78, 5) is 10.8. The van der Waals surface area contributed by atoms with Crippen molar-refractivity contribution in [3.63, 3.8) is 0 Å². The third-order valence-corrected chi connectivity index (χ3v) is 3.16. The summed E-state index contributed by atoms with van der Waals surface area (Å²) in [5.74, 6) is 0.147. The monoisotopic (exact) mass is 170 g/mol. The summed E-state index contributed by atoms with van der Waals surface area (Å²) in [5.41, 5.74) is 4.83. The maximum absolute atomic E-state index is 10.8. The third kappa shape index (κ3) is 1.03. The van der Waals surface area contributed by atoms with Crippen molar-refractivity contribution < 1.29 is 9.90 Å². The van der Waals surface area contributed by atoms with Gasteiger partial charge in [-0.1, -0.05) is 0 Å². The van der Waals surface area contributed by atoms with Gasteiger partial charge in [0.1, 0.15) is 5.54 Å². The van der Waals surface area contributed by atoms with Gasteiger partial charge >= 0.3 is 5.97 Å². The van der Waals surface area contributed by atoms with Crippen LogP contribution in [-0.4, -0.2) is 29.7 Å². The van der Waals surface area contributed by atoms with Crippen molar-refractivity contribution in [1.82, 2.24) is 5.32 Å². The largest absolute Gasteiger partial charge is 0.480 e. The fourth-order valence-electron chi connectivity index (χ4n) is 2.46. The normalized spacial score (nSPS) is 38.1. The van der Waals surface area contributed by atoms with Crippen molar-refractivity contribution in [3.8, 4) is 0 Å². The molecule has 0 unspecified atom stereocenters. The second kappa shape index (κ2) is 2.44. The van der Waals surface area contributed by atoms with E-state index in [0.29, 0.717) is 24.7 Å². The first-order valence-corrected chi connectivity index (χ1v) is 4.35. The van der Waals surface area contributed by atoms with Crippen LogP contribution < -0.4 is 11.1 Å². The number of carboxylic acids is 1. The Morgan fingerprint density at radius 3 is 2.33 bits per heavy atom. The molecule has 0 bridgehead atoms. The minimum Gasteiger partial charge on any atom is -0.480 e. The summed E-state index contributed by atoms with van der Waals surface area (Å²) in [6.07, 6.45) is 1.28. The van der Waals surface area contributed by atoms with E-state index in [0.717, 1.165) is 13.1 Å². The average Bonchev–Trinajstić information content (AvgIpc) is 2.44. The summed E-state index contributed by atoms with van der Waals surface area (Å²) in [7, 11) is 0. The van der Waals surface area contributed by atoms with E-state index in [4.69, 9.17) is 10.8 Å². The highest BCUT2D eigenvalue weighted by atomic mass is 16.4. The van der Waals surface area contributed by atoms with E-state index in [1.165, 1.54) is 0 Å². The van der Waals surface area contributed by atoms with E-state index in [-0.39, 0.29) is 0 Å². The standard InChI is InChI=1S/C8H14N2O2/c9-8(7(11)12)1-5-3-10-4-6(5)2-8/h5-6,10H,1-4,9H2,(H,11,12)/t5-,6-/m1/s1. The smallest absolute Gasteiger partial charge is 0.323 e. The lowest BCUT2D eigenvalue weighted by atomic mass is 9.97. The number of fused-ring (bicyclic) bond motifs is 1. The Bertz CT molecular complexity index is 205. The van der Waals surface area contributed by atoms with Crippen molar-refractivity contribution in [2.75, 3.05) is 13.1 Å². The topological polar surface area (TPSA) is 75.4 Å². The molecule has 1 aliphatic heterocycles. The van der Waals surface area contributed by atoms with Gasteiger partial charge in [-0.25, -0.2) is 0 Å². The Balaban J connectivity index is 2.11. The molecule has 68 valence electrons. The lowest BCUT2D eigenvalue weighted by Crippen LogP contribution is -2.46. The Labute approximate surface area is 71.1 Å². The maximum atomic E-state index is 10.8. The van der Waals surface area contributed by atoms with Gasteiger partial charge in [0, 0.05) is 0 Å². The predicted molar refractivity (Wildman–Crippen MR) is 43.6 cm³/mol. The van der Waals surface area contributed by atoms with Gasteiger partial charge in [0.15, 0.2) is 0 Å². The summed E-state index contributed by atoms with van der Waals surface area (Å²) >= 11 is 0. The first kappa shape index (κ1) is 8.01. The van der Waals surface area contributed by atoms with Crippen molar-refractivity contribution in [2.24, 2.45) is 17.6 Å².